The van der Waals surface area contributed by atoms with Gasteiger partial charge >= 0.3 is 7.60 Å². The molecule has 0 aliphatic carbocycles. The Bertz CT molecular complexity index is 951. The fourth-order valence-corrected chi connectivity index (χ4v) is 6.41. The average Bonchev–Trinajstić information content (AvgIpc) is 3.32. The quantitative estimate of drug-likeness (QED) is 0.0755. The van der Waals surface area contributed by atoms with Crippen LogP contribution in [0.15, 0.2) is 12.7 Å². The zero-order chi connectivity index (χ0) is 28.2. The summed E-state index contributed by atoms with van der Waals surface area (Å²) < 4.78 is 24.9. The van der Waals surface area contributed by atoms with Gasteiger partial charge in [-0.05, 0) is 37.7 Å². The molecule has 1 unspecified atom stereocenters. The molecule has 2 aromatic heterocycles. The highest BCUT2D eigenvalue weighted by molar-refractivity contribution is 7.99. The van der Waals surface area contributed by atoms with Crippen molar-refractivity contribution in [3.8, 4) is 0 Å². The average molecular weight is 604 g/mol. The van der Waals surface area contributed by atoms with Crippen LogP contribution in [0.25, 0.3) is 11.2 Å². The van der Waals surface area contributed by atoms with E-state index in [1.807, 2.05) is 6.92 Å². The second-order valence-electron chi connectivity index (χ2n) is 10.5. The van der Waals surface area contributed by atoms with Gasteiger partial charge in [-0.3, -0.25) is 4.57 Å². The molecule has 0 amide bonds. The third kappa shape index (κ3) is 16.3. The van der Waals surface area contributed by atoms with Crippen LogP contribution in [-0.2, 0) is 20.4 Å². The number of aromatic nitrogens is 4. The predicted molar refractivity (Wildman–Crippen MR) is 169 cm³/mol. The molecule has 0 aliphatic heterocycles. The van der Waals surface area contributed by atoms with Crippen molar-refractivity contribution in [3.63, 3.8) is 0 Å². The lowest BCUT2D eigenvalue weighted by Crippen LogP contribution is -2.17. The SMILES string of the molecule is CCCCCCCCCCCCCSCCCCCCOP(=O)(O)CO[C@H](C)Cn1cnc2c(N)ncnc21.[NH4+]. The van der Waals surface area contributed by atoms with Gasteiger partial charge in [0.1, 0.15) is 18.2 Å². The van der Waals surface area contributed by atoms with Crippen molar-refractivity contribution >= 4 is 36.3 Å². The van der Waals surface area contributed by atoms with Crippen LogP contribution in [0.3, 0.4) is 0 Å². The number of imidazole rings is 1. The third-order valence-electron chi connectivity index (χ3n) is 6.77. The number of hydrogen-bond donors (Lipinski definition) is 3. The summed E-state index contributed by atoms with van der Waals surface area (Å²) >= 11 is 2.06. The van der Waals surface area contributed by atoms with E-state index in [9.17, 15) is 9.46 Å². The topological polar surface area (TPSA) is 162 Å². The highest BCUT2D eigenvalue weighted by Crippen LogP contribution is 2.42. The Morgan fingerprint density at radius 3 is 2.12 bits per heavy atom. The summed E-state index contributed by atoms with van der Waals surface area (Å²) in [5.74, 6) is 2.79. The molecule has 2 atom stereocenters. The van der Waals surface area contributed by atoms with Crippen molar-refractivity contribution in [2.24, 2.45) is 0 Å². The van der Waals surface area contributed by atoms with Gasteiger partial charge in [0.2, 0.25) is 0 Å². The number of nitrogens with zero attached hydrogens (tertiary/aromatic N) is 4. The van der Waals surface area contributed by atoms with E-state index in [2.05, 4.69) is 33.6 Å². The number of ether oxygens (including phenoxy) is 1. The first kappa shape index (κ1) is 36.8. The first-order chi connectivity index (χ1) is 18.9. The van der Waals surface area contributed by atoms with Gasteiger partial charge in [0, 0.05) is 0 Å². The van der Waals surface area contributed by atoms with Gasteiger partial charge in [0.05, 0.1) is 25.6 Å². The van der Waals surface area contributed by atoms with Gasteiger partial charge < -0.3 is 30.6 Å². The van der Waals surface area contributed by atoms with Crippen LogP contribution < -0.4 is 11.9 Å². The minimum absolute atomic E-state index is 0. The molecule has 0 radical (unpaired) electrons. The molecule has 232 valence electrons. The summed E-state index contributed by atoms with van der Waals surface area (Å²) in [6.45, 7) is 4.80. The minimum Gasteiger partial charge on any atom is -0.382 e. The Balaban J connectivity index is 0.00000800. The zero-order valence-electron chi connectivity index (χ0n) is 25.3. The molecular formula is C28H56N6O4PS+. The first-order valence-electron chi connectivity index (χ1n) is 15.0. The van der Waals surface area contributed by atoms with E-state index in [-0.39, 0.29) is 25.2 Å². The Morgan fingerprint density at radius 1 is 0.925 bits per heavy atom. The number of nitrogen functional groups attached to an aromatic ring is 1. The fraction of sp³-hybridized carbons (Fsp3) is 0.821. The van der Waals surface area contributed by atoms with Crippen molar-refractivity contribution in [1.82, 2.24) is 25.7 Å². The third-order valence-corrected chi connectivity index (χ3v) is 8.99. The number of unbranched alkanes of at least 4 members (excludes halogenated alkanes) is 13. The molecule has 7 N–H and O–H groups in total. The Labute approximate surface area is 246 Å². The smallest absolute Gasteiger partial charge is 0.353 e. The van der Waals surface area contributed by atoms with E-state index in [0.29, 0.717) is 23.5 Å². The minimum atomic E-state index is -3.78. The lowest BCUT2D eigenvalue weighted by Gasteiger charge is -2.17. The monoisotopic (exact) mass is 603 g/mol. The van der Waals surface area contributed by atoms with Crippen molar-refractivity contribution in [2.45, 2.75) is 123 Å². The maximum Gasteiger partial charge on any atom is 0.353 e. The highest BCUT2D eigenvalue weighted by Gasteiger charge is 2.21. The molecule has 12 heteroatoms. The predicted octanol–water partition coefficient (Wildman–Crippen LogP) is 7.95. The molecule has 0 spiro atoms. The summed E-state index contributed by atoms with van der Waals surface area (Å²) in [5.41, 5.74) is 6.95. The van der Waals surface area contributed by atoms with E-state index in [4.69, 9.17) is 15.0 Å². The molecule has 0 aromatic carbocycles. The lowest BCUT2D eigenvalue weighted by molar-refractivity contribution is 0.0715. The van der Waals surface area contributed by atoms with Crippen molar-refractivity contribution in [2.75, 3.05) is 30.2 Å². The Hall–Kier alpha value is -1.23. The fourth-order valence-electron chi connectivity index (χ4n) is 4.46. The van der Waals surface area contributed by atoms with Gasteiger partial charge in [-0.1, -0.05) is 84.0 Å². The number of nitrogens with two attached hydrogens (primary N) is 1. The van der Waals surface area contributed by atoms with E-state index < -0.39 is 7.60 Å². The molecule has 0 bridgehead atoms. The van der Waals surface area contributed by atoms with Crippen LogP contribution >= 0.6 is 19.4 Å². The maximum atomic E-state index is 12.3. The molecule has 40 heavy (non-hydrogen) atoms. The molecule has 0 saturated heterocycles. The van der Waals surface area contributed by atoms with E-state index >= 15 is 0 Å². The normalized spacial score (nSPS) is 13.8. The summed E-state index contributed by atoms with van der Waals surface area (Å²) in [6.07, 6.45) is 21.8. The molecule has 0 aliphatic rings. The Kier molecular flexibility index (Phi) is 20.6. The maximum absolute atomic E-state index is 12.3. The number of hydrogen-bond acceptors (Lipinski definition) is 8. The Morgan fingerprint density at radius 2 is 1.50 bits per heavy atom. The number of fused-ring (bicyclic) bond motifs is 1. The van der Waals surface area contributed by atoms with Crippen LogP contribution in [0.5, 0.6) is 0 Å². The lowest BCUT2D eigenvalue weighted by atomic mass is 10.1. The van der Waals surface area contributed by atoms with Crippen LogP contribution in [0.2, 0.25) is 0 Å². The van der Waals surface area contributed by atoms with Gasteiger partial charge in [0.25, 0.3) is 0 Å². The van der Waals surface area contributed by atoms with Gasteiger partial charge in [-0.25, -0.2) is 15.0 Å². The highest BCUT2D eigenvalue weighted by atomic mass is 32.2. The second kappa shape index (κ2) is 22.4. The standard InChI is InChI=1S/C28H52N5O4PS.H3N/c1-3-4-5-6-7-8-9-10-11-13-16-19-39-20-17-14-12-15-18-37-38(34,35)24-36-25(2)21-33-23-32-26-27(29)30-22-31-28(26)33;/h22-23,25H,3-21,24H2,1-2H3,(H,34,35)(H2,29,30,31);1H3/p+1/t25-;/m1./s1. The summed E-state index contributed by atoms with van der Waals surface area (Å²) in [7, 11) is -3.78. The van der Waals surface area contributed by atoms with Gasteiger partial charge in [-0.2, -0.15) is 11.8 Å². The largest absolute Gasteiger partial charge is 0.382 e. The van der Waals surface area contributed by atoms with Gasteiger partial charge in [0.15, 0.2) is 11.5 Å². The summed E-state index contributed by atoms with van der Waals surface area (Å²) in [6, 6.07) is 0. The molecule has 10 nitrogen and oxygen atoms in total. The van der Waals surface area contributed by atoms with Crippen molar-refractivity contribution < 1.29 is 18.7 Å². The van der Waals surface area contributed by atoms with Gasteiger partial charge in [-0.15, -0.1) is 0 Å². The molecular weight excluding hydrogens is 547 g/mol. The zero-order valence-corrected chi connectivity index (χ0v) is 27.0. The summed E-state index contributed by atoms with van der Waals surface area (Å²) in [4.78, 5) is 22.4. The van der Waals surface area contributed by atoms with Crippen LogP contribution in [0, 0.1) is 0 Å². The van der Waals surface area contributed by atoms with Crippen molar-refractivity contribution in [3.05, 3.63) is 12.7 Å². The molecule has 2 rings (SSSR count). The van der Waals surface area contributed by atoms with Crippen LogP contribution in [0.1, 0.15) is 110 Å². The molecule has 0 saturated carbocycles. The number of quaternary nitrogens is 1. The van der Waals surface area contributed by atoms with Crippen LogP contribution in [-0.4, -0.2) is 55.0 Å². The van der Waals surface area contributed by atoms with E-state index in [1.165, 1.54) is 94.9 Å². The molecule has 0 fully saturated rings. The van der Waals surface area contributed by atoms with Crippen molar-refractivity contribution in [1.29, 1.82) is 0 Å². The molecule has 2 aromatic rings. The second-order valence-corrected chi connectivity index (χ2v) is 13.5. The van der Waals surface area contributed by atoms with E-state index in [1.54, 1.807) is 10.9 Å². The number of anilines is 1. The van der Waals surface area contributed by atoms with E-state index in [0.717, 1.165) is 19.3 Å². The van der Waals surface area contributed by atoms with Crippen LogP contribution in [0.4, 0.5) is 5.82 Å². The number of thioether (sulfide) groups is 1. The molecule has 2 heterocycles. The summed E-state index contributed by atoms with van der Waals surface area (Å²) in [5, 5.41) is 0. The number of rotatable bonds is 25. The first-order valence-corrected chi connectivity index (χ1v) is 17.9.